The molecule has 19 heavy (non-hydrogen) atoms. The molecule has 1 aromatic heterocycles. The summed E-state index contributed by atoms with van der Waals surface area (Å²) in [5, 5.41) is 2.99. The fourth-order valence-corrected chi connectivity index (χ4v) is 1.90. The third kappa shape index (κ3) is 4.05. The molecule has 1 amide bonds. The van der Waals surface area contributed by atoms with Crippen molar-refractivity contribution in [2.24, 2.45) is 5.73 Å². The minimum absolute atomic E-state index is 0.115. The molecule has 0 atom stereocenters. The van der Waals surface area contributed by atoms with Crippen molar-refractivity contribution in [3.8, 4) is 11.8 Å². The minimum atomic E-state index is -0.115. The molecule has 0 unspecified atom stereocenters. The maximum Gasteiger partial charge on any atom is 0.253 e. The lowest BCUT2D eigenvalue weighted by Gasteiger charge is -2.23. The number of nitrogens with two attached hydrogens (primary N) is 1. The van der Waals surface area contributed by atoms with Gasteiger partial charge in [-0.1, -0.05) is 11.8 Å². The number of ether oxygens (including phenoxy) is 1. The third-order valence-electron chi connectivity index (χ3n) is 2.89. The van der Waals surface area contributed by atoms with Crippen LogP contribution in [0.1, 0.15) is 28.8 Å². The Morgan fingerprint density at radius 1 is 1.47 bits per heavy atom. The topological polar surface area (TPSA) is 77.2 Å². The first-order valence-corrected chi connectivity index (χ1v) is 6.32. The van der Waals surface area contributed by atoms with Gasteiger partial charge in [0.2, 0.25) is 0 Å². The number of amides is 1. The van der Waals surface area contributed by atoms with Crippen LogP contribution in [0.25, 0.3) is 0 Å². The van der Waals surface area contributed by atoms with Crippen LogP contribution in [-0.4, -0.2) is 36.7 Å². The number of nitrogens with zero attached hydrogens (tertiary/aromatic N) is 1. The number of aromatic nitrogens is 1. The quantitative estimate of drug-likeness (QED) is 0.749. The van der Waals surface area contributed by atoms with Gasteiger partial charge in [0.25, 0.3) is 5.91 Å². The van der Waals surface area contributed by atoms with Crippen LogP contribution in [0.15, 0.2) is 18.5 Å². The number of nitrogens with one attached hydrogen (secondary N) is 1. The van der Waals surface area contributed by atoms with E-state index >= 15 is 0 Å². The highest BCUT2D eigenvalue weighted by Crippen LogP contribution is 2.08. The number of hydrogen-bond donors (Lipinski definition) is 2. The van der Waals surface area contributed by atoms with E-state index in [-0.39, 0.29) is 11.9 Å². The van der Waals surface area contributed by atoms with E-state index in [0.29, 0.717) is 30.9 Å². The van der Waals surface area contributed by atoms with Gasteiger partial charge in [-0.25, -0.2) is 0 Å². The summed E-state index contributed by atoms with van der Waals surface area (Å²) in [6, 6.07) is 1.91. The van der Waals surface area contributed by atoms with Gasteiger partial charge in [0.1, 0.15) is 0 Å². The van der Waals surface area contributed by atoms with E-state index in [1.165, 1.54) is 0 Å². The van der Waals surface area contributed by atoms with Crippen LogP contribution in [0.3, 0.4) is 0 Å². The molecule has 0 saturated carbocycles. The Labute approximate surface area is 112 Å². The van der Waals surface area contributed by atoms with Crippen molar-refractivity contribution in [2.75, 3.05) is 19.8 Å². The maximum atomic E-state index is 12.1. The molecule has 5 nitrogen and oxygen atoms in total. The molecule has 5 heteroatoms. The van der Waals surface area contributed by atoms with E-state index < -0.39 is 0 Å². The van der Waals surface area contributed by atoms with Gasteiger partial charge < -0.3 is 15.8 Å². The molecule has 0 aliphatic carbocycles. The molecular formula is C14H17N3O2. The Hall–Kier alpha value is -1.90. The highest BCUT2D eigenvalue weighted by Gasteiger charge is 2.17. The van der Waals surface area contributed by atoms with Gasteiger partial charge >= 0.3 is 0 Å². The molecule has 1 aromatic rings. The van der Waals surface area contributed by atoms with Crippen LogP contribution in [0.4, 0.5) is 0 Å². The van der Waals surface area contributed by atoms with Crippen LogP contribution < -0.4 is 11.1 Å². The Kier molecular flexibility index (Phi) is 4.90. The number of pyridine rings is 1. The van der Waals surface area contributed by atoms with Crippen LogP contribution in [-0.2, 0) is 4.74 Å². The standard InChI is InChI=1S/C14H17N3O2/c15-5-1-2-11-8-12(10-16-9-11)14(18)17-13-3-6-19-7-4-13/h8-10,13H,3-7,15H2,(H,17,18). The summed E-state index contributed by atoms with van der Waals surface area (Å²) in [6.07, 6.45) is 4.87. The monoisotopic (exact) mass is 259 g/mol. The molecule has 1 aliphatic heterocycles. The first-order valence-electron chi connectivity index (χ1n) is 6.32. The van der Waals surface area contributed by atoms with Crippen molar-refractivity contribution in [3.63, 3.8) is 0 Å². The lowest BCUT2D eigenvalue weighted by atomic mass is 10.1. The van der Waals surface area contributed by atoms with Gasteiger partial charge in [0.05, 0.1) is 12.1 Å². The second-order valence-corrected chi connectivity index (χ2v) is 4.33. The SMILES string of the molecule is NCC#Cc1cncc(C(=O)NC2CCOCC2)c1. The minimum Gasteiger partial charge on any atom is -0.381 e. The van der Waals surface area contributed by atoms with Crippen LogP contribution >= 0.6 is 0 Å². The molecule has 0 radical (unpaired) electrons. The summed E-state index contributed by atoms with van der Waals surface area (Å²) in [4.78, 5) is 16.1. The fraction of sp³-hybridized carbons (Fsp3) is 0.429. The molecule has 0 aromatic carbocycles. The van der Waals surface area contributed by atoms with Gasteiger partial charge in [0.15, 0.2) is 0 Å². The van der Waals surface area contributed by atoms with Gasteiger partial charge in [-0.05, 0) is 18.9 Å². The lowest BCUT2D eigenvalue weighted by molar-refractivity contribution is 0.0696. The number of hydrogen-bond acceptors (Lipinski definition) is 4. The first-order chi connectivity index (χ1) is 9.29. The fourth-order valence-electron chi connectivity index (χ4n) is 1.90. The van der Waals surface area contributed by atoms with E-state index in [2.05, 4.69) is 22.1 Å². The first kappa shape index (κ1) is 13.5. The van der Waals surface area contributed by atoms with Crippen molar-refractivity contribution in [1.29, 1.82) is 0 Å². The van der Waals surface area contributed by atoms with Crippen molar-refractivity contribution < 1.29 is 9.53 Å². The molecular weight excluding hydrogens is 242 g/mol. The summed E-state index contributed by atoms with van der Waals surface area (Å²) in [5.74, 6) is 5.49. The molecule has 2 heterocycles. The van der Waals surface area contributed by atoms with E-state index in [1.807, 2.05) is 0 Å². The van der Waals surface area contributed by atoms with Gasteiger partial charge in [0, 0.05) is 37.2 Å². The molecule has 1 saturated heterocycles. The second-order valence-electron chi connectivity index (χ2n) is 4.33. The van der Waals surface area contributed by atoms with Crippen molar-refractivity contribution in [2.45, 2.75) is 18.9 Å². The largest absolute Gasteiger partial charge is 0.381 e. The Morgan fingerprint density at radius 2 is 2.26 bits per heavy atom. The predicted molar refractivity (Wildman–Crippen MR) is 71.5 cm³/mol. The Bertz CT molecular complexity index is 499. The smallest absolute Gasteiger partial charge is 0.253 e. The Balaban J connectivity index is 2.01. The van der Waals surface area contributed by atoms with E-state index in [4.69, 9.17) is 10.5 Å². The van der Waals surface area contributed by atoms with E-state index in [1.54, 1.807) is 18.5 Å². The zero-order chi connectivity index (χ0) is 13.5. The average Bonchev–Trinajstić information content (AvgIpc) is 2.46. The average molecular weight is 259 g/mol. The molecule has 0 spiro atoms. The normalized spacial score (nSPS) is 15.4. The molecule has 2 rings (SSSR count). The van der Waals surface area contributed by atoms with Crippen molar-refractivity contribution in [1.82, 2.24) is 10.3 Å². The third-order valence-corrected chi connectivity index (χ3v) is 2.89. The molecule has 1 fully saturated rings. The highest BCUT2D eigenvalue weighted by molar-refractivity contribution is 5.94. The molecule has 0 bridgehead atoms. The summed E-state index contributed by atoms with van der Waals surface area (Å²) in [5.41, 5.74) is 6.54. The highest BCUT2D eigenvalue weighted by atomic mass is 16.5. The lowest BCUT2D eigenvalue weighted by Crippen LogP contribution is -2.38. The van der Waals surface area contributed by atoms with Gasteiger partial charge in [-0.3, -0.25) is 9.78 Å². The molecule has 100 valence electrons. The molecule has 1 aliphatic rings. The maximum absolute atomic E-state index is 12.1. The zero-order valence-electron chi connectivity index (χ0n) is 10.7. The summed E-state index contributed by atoms with van der Waals surface area (Å²) >= 11 is 0. The summed E-state index contributed by atoms with van der Waals surface area (Å²) < 4.78 is 5.26. The summed E-state index contributed by atoms with van der Waals surface area (Å²) in [7, 11) is 0. The molecule has 3 N–H and O–H groups in total. The van der Waals surface area contributed by atoms with Gasteiger partial charge in [-0.2, -0.15) is 0 Å². The zero-order valence-corrected chi connectivity index (χ0v) is 10.7. The van der Waals surface area contributed by atoms with E-state index in [9.17, 15) is 4.79 Å². The Morgan fingerprint density at radius 3 is 3.00 bits per heavy atom. The van der Waals surface area contributed by atoms with Crippen LogP contribution in [0.5, 0.6) is 0 Å². The predicted octanol–water partition coefficient (Wildman–Crippen LogP) is 0.301. The second kappa shape index (κ2) is 6.88. The van der Waals surface area contributed by atoms with Gasteiger partial charge in [-0.15, -0.1) is 0 Å². The van der Waals surface area contributed by atoms with Crippen LogP contribution in [0, 0.1) is 11.8 Å². The van der Waals surface area contributed by atoms with Crippen molar-refractivity contribution >= 4 is 5.91 Å². The van der Waals surface area contributed by atoms with E-state index in [0.717, 1.165) is 12.8 Å². The van der Waals surface area contributed by atoms with Crippen LogP contribution in [0.2, 0.25) is 0 Å². The number of carbonyl (C=O) groups excluding carboxylic acids is 1. The number of rotatable bonds is 2. The number of carbonyl (C=O) groups is 1. The van der Waals surface area contributed by atoms with Crippen molar-refractivity contribution in [3.05, 3.63) is 29.6 Å². The summed E-state index contributed by atoms with van der Waals surface area (Å²) in [6.45, 7) is 1.69.